The molecule has 1 nitrogen and oxygen atoms in total. The summed E-state index contributed by atoms with van der Waals surface area (Å²) in [6, 6.07) is 0. The molecule has 0 aromatic rings. The Kier molecular flexibility index (Phi) is 8.28. The van der Waals surface area contributed by atoms with E-state index in [1.54, 1.807) is 0 Å². The summed E-state index contributed by atoms with van der Waals surface area (Å²) in [5, 5.41) is 3.29. The molecule has 0 saturated carbocycles. The van der Waals surface area contributed by atoms with Gasteiger partial charge in [0.1, 0.15) is 0 Å². The Morgan fingerprint density at radius 2 is 1.81 bits per heavy atom. The second kappa shape index (κ2) is 8.23. The zero-order chi connectivity index (χ0) is 12.6. The van der Waals surface area contributed by atoms with E-state index in [2.05, 4.69) is 19.2 Å². The number of hydrogen-bond donors (Lipinski definition) is 1. The average Bonchev–Trinajstić information content (AvgIpc) is 2.15. The maximum atomic E-state index is 11.9. The first kappa shape index (κ1) is 16.1. The molecule has 0 aliphatic rings. The van der Waals surface area contributed by atoms with Crippen LogP contribution in [0.4, 0.5) is 13.2 Å². The van der Waals surface area contributed by atoms with Crippen LogP contribution in [0.1, 0.15) is 33.6 Å². The molecular formula is C11H22F3NS. The van der Waals surface area contributed by atoms with Gasteiger partial charge < -0.3 is 5.32 Å². The Labute approximate surface area is 101 Å². The van der Waals surface area contributed by atoms with E-state index in [0.717, 1.165) is 19.5 Å². The van der Waals surface area contributed by atoms with Crippen molar-refractivity contribution in [3.05, 3.63) is 0 Å². The Balaban J connectivity index is 3.58. The van der Waals surface area contributed by atoms with E-state index in [1.165, 1.54) is 0 Å². The van der Waals surface area contributed by atoms with Gasteiger partial charge in [-0.15, -0.1) is 0 Å². The molecule has 0 aliphatic carbocycles. The van der Waals surface area contributed by atoms with Crippen molar-refractivity contribution in [2.24, 2.45) is 11.8 Å². The van der Waals surface area contributed by atoms with Crippen LogP contribution in [0.2, 0.25) is 0 Å². The van der Waals surface area contributed by atoms with E-state index in [1.807, 2.05) is 6.92 Å². The first-order valence-corrected chi connectivity index (χ1v) is 6.76. The summed E-state index contributed by atoms with van der Waals surface area (Å²) >= 11 is 0.0872. The molecule has 0 fully saturated rings. The van der Waals surface area contributed by atoms with Crippen LogP contribution in [0, 0.1) is 11.8 Å². The Bertz CT molecular complexity index is 173. The summed E-state index contributed by atoms with van der Waals surface area (Å²) in [6.45, 7) is 8.09. The van der Waals surface area contributed by atoms with Gasteiger partial charge in [-0.25, -0.2) is 0 Å². The van der Waals surface area contributed by atoms with Crippen LogP contribution in [0.3, 0.4) is 0 Å². The number of halogens is 3. The SMILES string of the molecule is CCCNCC(C)C(C)CCSC(F)(F)F. The molecule has 1 N–H and O–H groups in total. The number of rotatable bonds is 8. The van der Waals surface area contributed by atoms with Crippen LogP contribution in [0.15, 0.2) is 0 Å². The maximum absolute atomic E-state index is 11.9. The topological polar surface area (TPSA) is 12.0 Å². The summed E-state index contributed by atoms with van der Waals surface area (Å²) in [4.78, 5) is 0. The minimum Gasteiger partial charge on any atom is -0.316 e. The molecule has 98 valence electrons. The van der Waals surface area contributed by atoms with E-state index in [0.29, 0.717) is 18.3 Å². The van der Waals surface area contributed by atoms with Gasteiger partial charge in [0.2, 0.25) is 0 Å². The Hall–Kier alpha value is 0.100. The number of thioether (sulfide) groups is 1. The quantitative estimate of drug-likeness (QED) is 0.662. The van der Waals surface area contributed by atoms with Crippen LogP contribution in [0.5, 0.6) is 0 Å². The van der Waals surface area contributed by atoms with Gasteiger partial charge in [0.05, 0.1) is 0 Å². The smallest absolute Gasteiger partial charge is 0.316 e. The van der Waals surface area contributed by atoms with E-state index < -0.39 is 5.51 Å². The lowest BCUT2D eigenvalue weighted by Crippen LogP contribution is -2.26. The molecule has 0 bridgehead atoms. The van der Waals surface area contributed by atoms with Gasteiger partial charge >= 0.3 is 5.51 Å². The normalized spacial score (nSPS) is 16.1. The van der Waals surface area contributed by atoms with Gasteiger partial charge in [-0.05, 0) is 37.8 Å². The lowest BCUT2D eigenvalue weighted by molar-refractivity contribution is -0.0328. The molecule has 2 unspecified atom stereocenters. The van der Waals surface area contributed by atoms with E-state index in [-0.39, 0.29) is 17.5 Å². The molecule has 0 aliphatic heterocycles. The zero-order valence-corrected chi connectivity index (χ0v) is 11.0. The first-order chi connectivity index (χ1) is 7.37. The lowest BCUT2D eigenvalue weighted by atomic mass is 9.93. The van der Waals surface area contributed by atoms with E-state index >= 15 is 0 Å². The molecule has 0 aromatic carbocycles. The fourth-order valence-electron chi connectivity index (χ4n) is 1.35. The van der Waals surface area contributed by atoms with Crippen molar-refractivity contribution in [1.82, 2.24) is 5.32 Å². The molecule has 0 amide bonds. The van der Waals surface area contributed by atoms with Crippen molar-refractivity contribution in [1.29, 1.82) is 0 Å². The fourth-order valence-corrected chi connectivity index (χ4v) is 2.07. The van der Waals surface area contributed by atoms with Crippen LogP contribution in [-0.4, -0.2) is 24.4 Å². The first-order valence-electron chi connectivity index (χ1n) is 5.78. The van der Waals surface area contributed by atoms with Gasteiger partial charge in [-0.1, -0.05) is 32.5 Å². The second-order valence-electron chi connectivity index (χ2n) is 4.24. The molecule has 5 heteroatoms. The average molecular weight is 257 g/mol. The molecule has 16 heavy (non-hydrogen) atoms. The lowest BCUT2D eigenvalue weighted by Gasteiger charge is -2.20. The minimum atomic E-state index is -4.08. The van der Waals surface area contributed by atoms with Gasteiger partial charge in [0.25, 0.3) is 0 Å². The van der Waals surface area contributed by atoms with Crippen molar-refractivity contribution < 1.29 is 13.2 Å². The maximum Gasteiger partial charge on any atom is 0.441 e. The Morgan fingerprint density at radius 3 is 2.31 bits per heavy atom. The number of alkyl halides is 3. The van der Waals surface area contributed by atoms with Crippen molar-refractivity contribution >= 4 is 11.8 Å². The van der Waals surface area contributed by atoms with Gasteiger partial charge in [0, 0.05) is 5.75 Å². The summed E-state index contributed by atoms with van der Waals surface area (Å²) in [6.07, 6.45) is 1.71. The van der Waals surface area contributed by atoms with Crippen molar-refractivity contribution in [3.63, 3.8) is 0 Å². The Morgan fingerprint density at radius 1 is 1.19 bits per heavy atom. The van der Waals surface area contributed by atoms with Gasteiger partial charge in [-0.3, -0.25) is 0 Å². The molecule has 0 spiro atoms. The van der Waals surface area contributed by atoms with E-state index in [9.17, 15) is 13.2 Å². The predicted octanol–water partition coefficient (Wildman–Crippen LogP) is 3.90. The third-order valence-corrected chi connectivity index (χ3v) is 3.47. The highest BCUT2D eigenvalue weighted by Crippen LogP contribution is 2.32. The minimum absolute atomic E-state index is 0.0872. The van der Waals surface area contributed by atoms with Gasteiger partial charge in [-0.2, -0.15) is 13.2 Å². The molecule has 2 atom stereocenters. The summed E-state index contributed by atoms with van der Waals surface area (Å²) in [5.74, 6) is 0.933. The van der Waals surface area contributed by atoms with Crippen molar-refractivity contribution in [2.45, 2.75) is 39.1 Å². The molecule has 0 radical (unpaired) electrons. The highest BCUT2D eigenvalue weighted by molar-refractivity contribution is 8.00. The van der Waals surface area contributed by atoms with Crippen LogP contribution in [-0.2, 0) is 0 Å². The molecule has 0 aromatic heterocycles. The monoisotopic (exact) mass is 257 g/mol. The zero-order valence-electron chi connectivity index (χ0n) is 10.2. The van der Waals surface area contributed by atoms with Crippen molar-refractivity contribution in [3.8, 4) is 0 Å². The number of hydrogen-bond acceptors (Lipinski definition) is 2. The summed E-state index contributed by atoms with van der Waals surface area (Å²) in [7, 11) is 0. The van der Waals surface area contributed by atoms with E-state index in [4.69, 9.17) is 0 Å². The largest absolute Gasteiger partial charge is 0.441 e. The van der Waals surface area contributed by atoms with Crippen molar-refractivity contribution in [2.75, 3.05) is 18.8 Å². The van der Waals surface area contributed by atoms with Crippen LogP contribution >= 0.6 is 11.8 Å². The summed E-state index contributed by atoms with van der Waals surface area (Å²) in [5.41, 5.74) is -4.08. The predicted molar refractivity (Wildman–Crippen MR) is 64.6 cm³/mol. The number of nitrogens with one attached hydrogen (secondary N) is 1. The van der Waals surface area contributed by atoms with Crippen LogP contribution in [0.25, 0.3) is 0 Å². The second-order valence-corrected chi connectivity index (χ2v) is 5.40. The summed E-state index contributed by atoms with van der Waals surface area (Å²) < 4.78 is 35.7. The molecule has 0 saturated heterocycles. The highest BCUT2D eigenvalue weighted by Gasteiger charge is 2.28. The molecular weight excluding hydrogens is 235 g/mol. The fraction of sp³-hybridized carbons (Fsp3) is 1.00. The van der Waals surface area contributed by atoms with Crippen LogP contribution < -0.4 is 5.32 Å². The standard InChI is InChI=1S/C11H22F3NS/c1-4-6-15-8-10(3)9(2)5-7-16-11(12,13)14/h9-10,15H,4-8H2,1-3H3. The molecule has 0 heterocycles. The van der Waals surface area contributed by atoms with Gasteiger partial charge in [0.15, 0.2) is 0 Å². The molecule has 0 rings (SSSR count). The third-order valence-electron chi connectivity index (χ3n) is 2.70. The highest BCUT2D eigenvalue weighted by atomic mass is 32.2. The third kappa shape index (κ3) is 9.33.